The molecule has 2 heterocycles. The first kappa shape index (κ1) is 25.5. The lowest BCUT2D eigenvalue weighted by Crippen LogP contribution is -2.38. The number of amides is 1. The minimum Gasteiger partial charge on any atom is -0.490 e. The van der Waals surface area contributed by atoms with Gasteiger partial charge in [0.25, 0.3) is 5.91 Å². The Morgan fingerprint density at radius 2 is 1.63 bits per heavy atom. The van der Waals surface area contributed by atoms with E-state index in [1.165, 1.54) is 17.3 Å². The summed E-state index contributed by atoms with van der Waals surface area (Å²) in [6.45, 7) is 7.33. The molecule has 0 fully saturated rings. The number of hydrogen-bond donors (Lipinski definition) is 1. The molecule has 0 aliphatic carbocycles. The molecule has 3 aromatic rings. The molecular formula is C31H29N3O3S. The zero-order chi connectivity index (χ0) is 26.7. The van der Waals surface area contributed by atoms with Crippen LogP contribution in [0.1, 0.15) is 37.5 Å². The van der Waals surface area contributed by atoms with Gasteiger partial charge in [-0.05, 0) is 52.4 Å². The van der Waals surface area contributed by atoms with Crippen LogP contribution >= 0.6 is 11.8 Å². The number of fused-ring (bicyclic) bond motifs is 1. The van der Waals surface area contributed by atoms with Crippen LogP contribution < -0.4 is 9.47 Å². The summed E-state index contributed by atoms with van der Waals surface area (Å²) in [5, 5.41) is 11.2. The summed E-state index contributed by atoms with van der Waals surface area (Å²) in [6.07, 6.45) is 1.69. The predicted octanol–water partition coefficient (Wildman–Crippen LogP) is 6.75. The summed E-state index contributed by atoms with van der Waals surface area (Å²) in [5.41, 5.74) is 4.15. The number of aliphatic imine (C=N–C) groups is 1. The van der Waals surface area contributed by atoms with Crippen LogP contribution in [-0.2, 0) is 10.2 Å². The van der Waals surface area contributed by atoms with Crippen LogP contribution in [0.3, 0.4) is 0 Å². The van der Waals surface area contributed by atoms with Crippen LogP contribution in [0.4, 0.5) is 0 Å². The molecule has 2 aliphatic rings. The maximum atomic E-state index is 12.8. The zero-order valence-electron chi connectivity index (χ0n) is 21.6. The van der Waals surface area contributed by atoms with E-state index in [2.05, 4.69) is 37.9 Å². The first-order valence-corrected chi connectivity index (χ1v) is 13.3. The Morgan fingerprint density at radius 1 is 0.921 bits per heavy atom. The van der Waals surface area contributed by atoms with Crippen LogP contribution in [0.15, 0.2) is 94.8 Å². The van der Waals surface area contributed by atoms with Gasteiger partial charge in [0.1, 0.15) is 30.5 Å². The van der Waals surface area contributed by atoms with Crippen molar-refractivity contribution in [2.75, 3.05) is 13.2 Å². The smallest absolute Gasteiger partial charge is 0.283 e. The molecule has 0 aromatic heterocycles. The molecule has 0 radical (unpaired) electrons. The highest BCUT2D eigenvalue weighted by Gasteiger charge is 2.36. The van der Waals surface area contributed by atoms with E-state index in [9.17, 15) is 4.79 Å². The Kier molecular flexibility index (Phi) is 7.20. The lowest BCUT2D eigenvalue weighted by molar-refractivity contribution is -0.114. The van der Waals surface area contributed by atoms with E-state index in [0.717, 1.165) is 22.6 Å². The summed E-state index contributed by atoms with van der Waals surface area (Å²) < 4.78 is 11.7. The van der Waals surface area contributed by atoms with Gasteiger partial charge >= 0.3 is 0 Å². The summed E-state index contributed by atoms with van der Waals surface area (Å²) in [4.78, 5) is 18.8. The number of carbonyl (C=O) groups excluding carboxylic acids is 1. The van der Waals surface area contributed by atoms with E-state index in [-0.39, 0.29) is 16.8 Å². The standard InChI is InChI=1S/C31H29N3O3S/c1-31(2,3)23-12-14-24(15-13-23)36-16-17-37-25-11-7-8-21(18-25)19-26-28(32)34-27(22-9-5-4-6-10-22)20-38-30(34)33-29(26)35/h4-15,18-20,32H,16-17H2,1-3H3. The summed E-state index contributed by atoms with van der Waals surface area (Å²) >= 11 is 1.35. The number of carbonyl (C=O) groups is 1. The van der Waals surface area contributed by atoms with Gasteiger partial charge in [0.2, 0.25) is 0 Å². The third-order valence-electron chi connectivity index (χ3n) is 6.19. The molecule has 0 spiro atoms. The minimum absolute atomic E-state index is 0.103. The van der Waals surface area contributed by atoms with Gasteiger partial charge in [0.05, 0.1) is 11.3 Å². The molecule has 2 aliphatic heterocycles. The SMILES string of the molecule is CC(C)(C)c1ccc(OCCOc2cccc(C=C3C(=N)N4C(c5ccccc5)=CSC4=NC3=O)c2)cc1. The van der Waals surface area contributed by atoms with E-state index in [0.29, 0.717) is 24.1 Å². The highest BCUT2D eigenvalue weighted by atomic mass is 32.2. The molecule has 5 rings (SSSR count). The van der Waals surface area contributed by atoms with Crippen molar-refractivity contribution in [3.63, 3.8) is 0 Å². The highest BCUT2D eigenvalue weighted by Crippen LogP contribution is 2.37. The number of rotatable bonds is 7. The van der Waals surface area contributed by atoms with E-state index in [1.54, 1.807) is 11.0 Å². The van der Waals surface area contributed by atoms with Crippen molar-refractivity contribution >= 4 is 40.4 Å². The van der Waals surface area contributed by atoms with E-state index in [1.807, 2.05) is 72.1 Å². The highest BCUT2D eigenvalue weighted by molar-refractivity contribution is 8.17. The Labute approximate surface area is 227 Å². The van der Waals surface area contributed by atoms with Crippen LogP contribution in [0.2, 0.25) is 0 Å². The number of ether oxygens (including phenoxy) is 2. The molecule has 7 heteroatoms. The lowest BCUT2D eigenvalue weighted by Gasteiger charge is -2.26. The molecule has 38 heavy (non-hydrogen) atoms. The van der Waals surface area contributed by atoms with Gasteiger partial charge in [-0.25, -0.2) is 0 Å². The Balaban J connectivity index is 1.24. The largest absolute Gasteiger partial charge is 0.490 e. The molecule has 0 saturated heterocycles. The molecule has 1 N–H and O–H groups in total. The molecule has 6 nitrogen and oxygen atoms in total. The van der Waals surface area contributed by atoms with Gasteiger partial charge in [-0.2, -0.15) is 4.99 Å². The monoisotopic (exact) mass is 523 g/mol. The van der Waals surface area contributed by atoms with Crippen LogP contribution in [0.25, 0.3) is 11.8 Å². The average Bonchev–Trinajstić information content (AvgIpc) is 3.33. The van der Waals surface area contributed by atoms with Crippen molar-refractivity contribution < 1.29 is 14.3 Å². The fourth-order valence-electron chi connectivity index (χ4n) is 4.15. The van der Waals surface area contributed by atoms with Gasteiger partial charge in [-0.1, -0.05) is 87.1 Å². The quantitative estimate of drug-likeness (QED) is 0.274. The zero-order valence-corrected chi connectivity index (χ0v) is 22.4. The Bertz CT molecular complexity index is 1450. The van der Waals surface area contributed by atoms with Crippen LogP contribution in [-0.4, -0.2) is 35.0 Å². The number of thioether (sulfide) groups is 1. The number of benzene rings is 3. The van der Waals surface area contributed by atoms with E-state index in [4.69, 9.17) is 14.9 Å². The van der Waals surface area contributed by atoms with E-state index >= 15 is 0 Å². The third-order valence-corrected chi connectivity index (χ3v) is 7.02. The molecular weight excluding hydrogens is 494 g/mol. The summed E-state index contributed by atoms with van der Waals surface area (Å²) in [6, 6.07) is 25.4. The van der Waals surface area contributed by atoms with Crippen molar-refractivity contribution in [3.05, 3.63) is 107 Å². The molecule has 0 unspecified atom stereocenters. The number of nitrogens with zero attached hydrogens (tertiary/aromatic N) is 2. The Morgan fingerprint density at radius 3 is 2.34 bits per heavy atom. The van der Waals surface area contributed by atoms with Crippen LogP contribution in [0, 0.1) is 5.41 Å². The normalized spacial score (nSPS) is 16.3. The van der Waals surface area contributed by atoms with Gasteiger partial charge in [0.15, 0.2) is 5.17 Å². The average molecular weight is 524 g/mol. The minimum atomic E-state index is -0.423. The second-order valence-corrected chi connectivity index (χ2v) is 10.8. The van der Waals surface area contributed by atoms with Crippen LogP contribution in [0.5, 0.6) is 11.5 Å². The molecule has 3 aromatic carbocycles. The van der Waals surface area contributed by atoms with E-state index < -0.39 is 5.91 Å². The molecule has 0 atom stereocenters. The Hall–Kier alpha value is -4.10. The summed E-state index contributed by atoms with van der Waals surface area (Å²) in [7, 11) is 0. The molecule has 1 amide bonds. The fraction of sp³-hybridized carbons (Fsp3) is 0.194. The van der Waals surface area contributed by atoms with Crippen molar-refractivity contribution in [2.45, 2.75) is 26.2 Å². The van der Waals surface area contributed by atoms with Crippen molar-refractivity contribution in [3.8, 4) is 11.5 Å². The molecule has 192 valence electrons. The van der Waals surface area contributed by atoms with Crippen molar-refractivity contribution in [1.82, 2.24) is 4.90 Å². The number of nitrogens with one attached hydrogen (secondary N) is 1. The third kappa shape index (κ3) is 5.58. The first-order valence-electron chi connectivity index (χ1n) is 12.4. The number of hydrogen-bond acceptors (Lipinski definition) is 5. The van der Waals surface area contributed by atoms with Gasteiger partial charge in [0, 0.05) is 5.41 Å². The fourth-order valence-corrected chi connectivity index (χ4v) is 5.03. The second kappa shape index (κ2) is 10.7. The molecule has 0 bridgehead atoms. The van der Waals surface area contributed by atoms with Crippen molar-refractivity contribution in [2.24, 2.45) is 4.99 Å². The first-order chi connectivity index (χ1) is 18.3. The maximum Gasteiger partial charge on any atom is 0.283 e. The maximum absolute atomic E-state index is 12.8. The predicted molar refractivity (Wildman–Crippen MR) is 155 cm³/mol. The van der Waals surface area contributed by atoms with Gasteiger partial charge < -0.3 is 9.47 Å². The van der Waals surface area contributed by atoms with Gasteiger partial charge in [-0.3, -0.25) is 15.1 Å². The lowest BCUT2D eigenvalue weighted by atomic mass is 9.87. The number of amidine groups is 2. The van der Waals surface area contributed by atoms with Gasteiger partial charge in [-0.15, -0.1) is 0 Å². The summed E-state index contributed by atoms with van der Waals surface area (Å²) in [5.74, 6) is 1.15. The topological polar surface area (TPSA) is 75.0 Å². The molecule has 0 saturated carbocycles. The second-order valence-electron chi connectivity index (χ2n) is 9.97. The van der Waals surface area contributed by atoms with Crippen molar-refractivity contribution in [1.29, 1.82) is 5.41 Å².